The largest absolute Gasteiger partial charge is 0.435 e. The van der Waals surface area contributed by atoms with E-state index in [9.17, 15) is 5.26 Å². The van der Waals surface area contributed by atoms with Gasteiger partial charge in [0.2, 0.25) is 5.89 Å². The van der Waals surface area contributed by atoms with Crippen molar-refractivity contribution in [3.8, 4) is 28.7 Å². The molecule has 1 aromatic heterocycles. The summed E-state index contributed by atoms with van der Waals surface area (Å²) in [6.07, 6.45) is 3.00. The minimum atomic E-state index is 0.452. The van der Waals surface area contributed by atoms with Crippen LogP contribution in [0.25, 0.3) is 33.7 Å². The highest BCUT2D eigenvalue weighted by molar-refractivity contribution is 6.36. The standard InChI is InChI=1S/C23H15ClN2O/c24-21-17(14-6-2-1-3-7-14)10-5-11-18(21)23-26-20-12-15-8-4-9-16(15)19(13-25)22(20)27-23/h1-3,5-7,10-12H,4,8-9H2. The third-order valence-electron chi connectivity index (χ3n) is 5.18. The fourth-order valence-electron chi connectivity index (χ4n) is 3.89. The number of oxazole rings is 1. The second kappa shape index (κ2) is 6.26. The summed E-state index contributed by atoms with van der Waals surface area (Å²) in [6, 6.07) is 20.2. The van der Waals surface area contributed by atoms with Gasteiger partial charge in [-0.3, -0.25) is 0 Å². The highest BCUT2D eigenvalue weighted by atomic mass is 35.5. The first-order chi connectivity index (χ1) is 13.3. The van der Waals surface area contributed by atoms with Crippen LogP contribution in [0.5, 0.6) is 0 Å². The van der Waals surface area contributed by atoms with Gasteiger partial charge in [0.1, 0.15) is 17.1 Å². The van der Waals surface area contributed by atoms with E-state index in [1.54, 1.807) is 0 Å². The molecule has 0 radical (unpaired) electrons. The molecule has 0 N–H and O–H groups in total. The molecule has 1 heterocycles. The molecular formula is C23H15ClN2O. The van der Waals surface area contributed by atoms with E-state index in [-0.39, 0.29) is 0 Å². The van der Waals surface area contributed by atoms with E-state index >= 15 is 0 Å². The number of halogens is 1. The monoisotopic (exact) mass is 370 g/mol. The third-order valence-corrected chi connectivity index (χ3v) is 5.59. The molecule has 0 saturated carbocycles. The van der Waals surface area contributed by atoms with Gasteiger partial charge in [0, 0.05) is 5.56 Å². The number of fused-ring (bicyclic) bond motifs is 2. The predicted octanol–water partition coefficient (Wildman–Crippen LogP) is 6.18. The summed E-state index contributed by atoms with van der Waals surface area (Å²) in [5, 5.41) is 10.3. The van der Waals surface area contributed by atoms with Crippen LogP contribution >= 0.6 is 11.6 Å². The maximum atomic E-state index is 9.66. The summed E-state index contributed by atoms with van der Waals surface area (Å²) in [5.41, 5.74) is 6.93. The Morgan fingerprint density at radius 1 is 1.00 bits per heavy atom. The van der Waals surface area contributed by atoms with Crippen molar-refractivity contribution in [2.75, 3.05) is 0 Å². The highest BCUT2D eigenvalue weighted by Crippen LogP contribution is 2.39. The van der Waals surface area contributed by atoms with E-state index in [0.29, 0.717) is 22.1 Å². The first-order valence-corrected chi connectivity index (χ1v) is 9.34. The van der Waals surface area contributed by atoms with Gasteiger partial charge in [-0.05, 0) is 48.1 Å². The van der Waals surface area contributed by atoms with Crippen molar-refractivity contribution < 1.29 is 4.42 Å². The average molecular weight is 371 g/mol. The van der Waals surface area contributed by atoms with Crippen LogP contribution in [0.15, 0.2) is 59.0 Å². The highest BCUT2D eigenvalue weighted by Gasteiger charge is 2.23. The fourth-order valence-corrected chi connectivity index (χ4v) is 4.21. The van der Waals surface area contributed by atoms with Gasteiger partial charge in [0.05, 0.1) is 10.6 Å². The molecule has 4 heteroatoms. The molecule has 27 heavy (non-hydrogen) atoms. The molecule has 0 fully saturated rings. The Balaban J connectivity index is 1.70. The summed E-state index contributed by atoms with van der Waals surface area (Å²) in [7, 11) is 0. The maximum Gasteiger partial charge on any atom is 0.228 e. The second-order valence-electron chi connectivity index (χ2n) is 6.76. The van der Waals surface area contributed by atoms with Gasteiger partial charge in [0.25, 0.3) is 0 Å². The van der Waals surface area contributed by atoms with Crippen LogP contribution in [0.4, 0.5) is 0 Å². The number of aryl methyl sites for hydroxylation is 1. The lowest BCUT2D eigenvalue weighted by Gasteiger charge is -2.07. The van der Waals surface area contributed by atoms with Gasteiger partial charge in [-0.25, -0.2) is 4.98 Å². The van der Waals surface area contributed by atoms with E-state index in [1.807, 2.05) is 48.5 Å². The summed E-state index contributed by atoms with van der Waals surface area (Å²) in [4.78, 5) is 4.66. The Morgan fingerprint density at radius 3 is 2.63 bits per heavy atom. The van der Waals surface area contributed by atoms with Crippen LogP contribution in [0.1, 0.15) is 23.1 Å². The van der Waals surface area contributed by atoms with Crippen molar-refractivity contribution >= 4 is 22.7 Å². The summed E-state index contributed by atoms with van der Waals surface area (Å²) in [6.45, 7) is 0. The van der Waals surface area contributed by atoms with Crippen molar-refractivity contribution in [1.82, 2.24) is 4.98 Å². The molecule has 4 aromatic rings. The number of benzene rings is 3. The van der Waals surface area contributed by atoms with E-state index in [4.69, 9.17) is 16.0 Å². The average Bonchev–Trinajstić information content (AvgIpc) is 3.33. The smallest absolute Gasteiger partial charge is 0.228 e. The Labute approximate surface area is 161 Å². The lowest BCUT2D eigenvalue weighted by molar-refractivity contribution is 0.618. The van der Waals surface area contributed by atoms with Gasteiger partial charge in [0.15, 0.2) is 5.58 Å². The number of hydrogen-bond donors (Lipinski definition) is 0. The molecule has 5 rings (SSSR count). The molecule has 0 bridgehead atoms. The van der Waals surface area contributed by atoms with Crippen LogP contribution in [0.2, 0.25) is 5.02 Å². The van der Waals surface area contributed by atoms with Crippen LogP contribution < -0.4 is 0 Å². The molecule has 3 nitrogen and oxygen atoms in total. The van der Waals surface area contributed by atoms with Crippen molar-refractivity contribution in [1.29, 1.82) is 5.26 Å². The van der Waals surface area contributed by atoms with Crippen molar-refractivity contribution in [3.05, 3.63) is 76.3 Å². The molecule has 0 spiro atoms. The minimum Gasteiger partial charge on any atom is -0.435 e. The van der Waals surface area contributed by atoms with Crippen molar-refractivity contribution in [3.63, 3.8) is 0 Å². The quantitative estimate of drug-likeness (QED) is 0.423. The first kappa shape index (κ1) is 16.1. The second-order valence-corrected chi connectivity index (χ2v) is 7.13. The summed E-state index contributed by atoms with van der Waals surface area (Å²) >= 11 is 6.72. The zero-order valence-electron chi connectivity index (χ0n) is 14.5. The molecule has 1 aliphatic rings. The first-order valence-electron chi connectivity index (χ1n) is 8.96. The Morgan fingerprint density at radius 2 is 1.81 bits per heavy atom. The van der Waals surface area contributed by atoms with Gasteiger partial charge < -0.3 is 4.42 Å². The maximum absolute atomic E-state index is 9.66. The van der Waals surface area contributed by atoms with Crippen LogP contribution in [0, 0.1) is 11.3 Å². The van der Waals surface area contributed by atoms with Crippen molar-refractivity contribution in [2.24, 2.45) is 0 Å². The number of nitriles is 1. The number of aromatic nitrogens is 1. The molecule has 0 aliphatic heterocycles. The molecule has 1 aliphatic carbocycles. The topological polar surface area (TPSA) is 49.8 Å². The van der Waals surface area contributed by atoms with Crippen LogP contribution in [0.3, 0.4) is 0 Å². The van der Waals surface area contributed by atoms with Crippen molar-refractivity contribution in [2.45, 2.75) is 19.3 Å². The van der Waals surface area contributed by atoms with Crippen LogP contribution in [-0.4, -0.2) is 4.98 Å². The SMILES string of the molecule is N#Cc1c2c(cc3nc(-c4cccc(-c5ccccc5)c4Cl)oc13)CCC2. The lowest BCUT2D eigenvalue weighted by atomic mass is 10.0. The van der Waals surface area contributed by atoms with E-state index in [0.717, 1.165) is 47.0 Å². The molecule has 130 valence electrons. The van der Waals surface area contributed by atoms with Gasteiger partial charge in [-0.15, -0.1) is 0 Å². The molecular weight excluding hydrogens is 356 g/mol. The van der Waals surface area contributed by atoms with Gasteiger partial charge in [-0.2, -0.15) is 5.26 Å². The normalized spacial score (nSPS) is 12.9. The number of rotatable bonds is 2. The predicted molar refractivity (Wildman–Crippen MR) is 107 cm³/mol. The Bertz CT molecular complexity index is 1220. The molecule has 0 saturated heterocycles. The summed E-state index contributed by atoms with van der Waals surface area (Å²) < 4.78 is 6.06. The molecule has 0 atom stereocenters. The molecule has 0 unspecified atom stereocenters. The Hall–Kier alpha value is -3.09. The summed E-state index contributed by atoms with van der Waals surface area (Å²) in [5.74, 6) is 0.452. The van der Waals surface area contributed by atoms with E-state index in [1.165, 1.54) is 5.56 Å². The van der Waals surface area contributed by atoms with E-state index in [2.05, 4.69) is 17.1 Å². The van der Waals surface area contributed by atoms with Gasteiger partial charge in [-0.1, -0.05) is 54.1 Å². The zero-order chi connectivity index (χ0) is 18.4. The van der Waals surface area contributed by atoms with Crippen LogP contribution in [-0.2, 0) is 12.8 Å². The zero-order valence-corrected chi connectivity index (χ0v) is 15.3. The minimum absolute atomic E-state index is 0.452. The fraction of sp³-hybridized carbons (Fsp3) is 0.130. The molecule has 0 amide bonds. The lowest BCUT2D eigenvalue weighted by Crippen LogP contribution is -1.89. The number of nitrogens with zero attached hydrogens (tertiary/aromatic N) is 2. The van der Waals surface area contributed by atoms with E-state index < -0.39 is 0 Å². The van der Waals surface area contributed by atoms with Gasteiger partial charge >= 0.3 is 0 Å². The Kier molecular flexibility index (Phi) is 3.74. The third kappa shape index (κ3) is 2.53. The number of hydrogen-bond acceptors (Lipinski definition) is 3. The molecule has 3 aromatic carbocycles.